The maximum atomic E-state index is 2.44. The number of fused-ring (bicyclic) bond motifs is 4. The Morgan fingerprint density at radius 3 is 1.17 bits per heavy atom. The van der Waals surface area contributed by atoms with Crippen LogP contribution in [0.1, 0.15) is 0 Å². The van der Waals surface area contributed by atoms with Gasteiger partial charge in [-0.15, -0.1) is 0 Å². The highest BCUT2D eigenvalue weighted by Crippen LogP contribution is 2.47. The van der Waals surface area contributed by atoms with Crippen molar-refractivity contribution >= 4 is 43.1 Å². The molecule has 0 radical (unpaired) electrons. The second-order valence-electron chi connectivity index (χ2n) is 13.6. The van der Waals surface area contributed by atoms with Gasteiger partial charge in [0.25, 0.3) is 0 Å². The van der Waals surface area contributed by atoms with Crippen LogP contribution >= 0.6 is 0 Å². The molecule has 0 amide bonds. The summed E-state index contributed by atoms with van der Waals surface area (Å²) >= 11 is 0. The van der Waals surface area contributed by atoms with E-state index in [4.69, 9.17) is 0 Å². The number of benzene rings is 10. The van der Waals surface area contributed by atoms with Crippen molar-refractivity contribution in [2.75, 3.05) is 0 Å². The molecule has 242 valence electrons. The molecule has 0 N–H and O–H groups in total. The quantitative estimate of drug-likeness (QED) is 0.161. The van der Waals surface area contributed by atoms with Crippen LogP contribution in [0, 0.1) is 0 Å². The van der Waals surface area contributed by atoms with Gasteiger partial charge in [0.2, 0.25) is 0 Å². The van der Waals surface area contributed by atoms with Gasteiger partial charge in [0.05, 0.1) is 0 Å². The van der Waals surface area contributed by atoms with Crippen LogP contribution in [0.15, 0.2) is 206 Å². The molecule has 0 heteroatoms. The van der Waals surface area contributed by atoms with Crippen LogP contribution in [-0.2, 0) is 0 Å². The maximum Gasteiger partial charge on any atom is -0.00199 e. The van der Waals surface area contributed by atoms with E-state index in [1.807, 2.05) is 0 Å². The lowest BCUT2D eigenvalue weighted by atomic mass is 9.82. The lowest BCUT2D eigenvalue weighted by Crippen LogP contribution is -1.94. The Morgan fingerprint density at radius 2 is 0.596 bits per heavy atom. The third kappa shape index (κ3) is 5.00. The molecule has 0 aliphatic carbocycles. The molecular weight excluding hydrogens is 625 g/mol. The van der Waals surface area contributed by atoms with Crippen molar-refractivity contribution < 1.29 is 0 Å². The van der Waals surface area contributed by atoms with E-state index in [9.17, 15) is 0 Å². The van der Waals surface area contributed by atoms with E-state index in [0.29, 0.717) is 0 Å². The SMILES string of the molecule is c1ccc(-c2c3ccccc3c(-c3cc(-c4cccc5ccccc45)ccc3-c3cccc(-c4cccc5ccccc45)c3)c3ccccc23)cc1. The van der Waals surface area contributed by atoms with Gasteiger partial charge in [-0.2, -0.15) is 0 Å². The summed E-state index contributed by atoms with van der Waals surface area (Å²) < 4.78 is 0. The Hall–Kier alpha value is -6.76. The highest BCUT2D eigenvalue weighted by atomic mass is 14.2. The van der Waals surface area contributed by atoms with E-state index < -0.39 is 0 Å². The van der Waals surface area contributed by atoms with Gasteiger partial charge in [-0.25, -0.2) is 0 Å². The van der Waals surface area contributed by atoms with Crippen molar-refractivity contribution in [3.8, 4) is 55.6 Å². The highest BCUT2D eigenvalue weighted by molar-refractivity contribution is 6.22. The molecule has 52 heavy (non-hydrogen) atoms. The monoisotopic (exact) mass is 658 g/mol. The molecule has 0 saturated carbocycles. The summed E-state index contributed by atoms with van der Waals surface area (Å²) in [6, 6.07) is 75.6. The molecule has 0 aliphatic heterocycles. The molecule has 0 unspecified atom stereocenters. The fourth-order valence-corrected chi connectivity index (χ4v) is 8.31. The average molecular weight is 659 g/mol. The third-order valence-corrected chi connectivity index (χ3v) is 10.7. The topological polar surface area (TPSA) is 0 Å². The second-order valence-corrected chi connectivity index (χ2v) is 13.6. The van der Waals surface area contributed by atoms with Crippen LogP contribution in [-0.4, -0.2) is 0 Å². The second kappa shape index (κ2) is 12.5. The molecule has 0 aromatic heterocycles. The predicted octanol–water partition coefficient (Wildman–Crippen LogP) is 14.6. The summed E-state index contributed by atoms with van der Waals surface area (Å²) in [5.41, 5.74) is 12.3. The third-order valence-electron chi connectivity index (χ3n) is 10.7. The smallest absolute Gasteiger partial charge is 0.00199 e. The predicted molar refractivity (Wildman–Crippen MR) is 224 cm³/mol. The molecule has 0 aliphatic rings. The van der Waals surface area contributed by atoms with Gasteiger partial charge in [-0.3, -0.25) is 0 Å². The zero-order chi connectivity index (χ0) is 34.4. The molecule has 10 aromatic rings. The summed E-state index contributed by atoms with van der Waals surface area (Å²) in [4.78, 5) is 0. The van der Waals surface area contributed by atoms with Gasteiger partial charge in [-0.1, -0.05) is 194 Å². The fraction of sp³-hybridized carbons (Fsp3) is 0. The van der Waals surface area contributed by atoms with Gasteiger partial charge < -0.3 is 0 Å². The summed E-state index contributed by atoms with van der Waals surface area (Å²) in [6.45, 7) is 0. The summed E-state index contributed by atoms with van der Waals surface area (Å²) in [5.74, 6) is 0. The van der Waals surface area contributed by atoms with Gasteiger partial charge in [-0.05, 0) is 111 Å². The lowest BCUT2D eigenvalue weighted by Gasteiger charge is -2.21. The van der Waals surface area contributed by atoms with E-state index in [2.05, 4.69) is 206 Å². The van der Waals surface area contributed by atoms with Crippen LogP contribution in [0.5, 0.6) is 0 Å². The van der Waals surface area contributed by atoms with Crippen LogP contribution in [0.2, 0.25) is 0 Å². The first-order valence-corrected chi connectivity index (χ1v) is 18.0. The van der Waals surface area contributed by atoms with Crippen LogP contribution in [0.25, 0.3) is 98.7 Å². The van der Waals surface area contributed by atoms with E-state index >= 15 is 0 Å². The lowest BCUT2D eigenvalue weighted by molar-refractivity contribution is 1.58. The Bertz CT molecular complexity index is 2880. The zero-order valence-electron chi connectivity index (χ0n) is 28.6. The number of rotatable bonds is 5. The minimum atomic E-state index is 1.20. The molecule has 10 rings (SSSR count). The van der Waals surface area contributed by atoms with Gasteiger partial charge in [0, 0.05) is 0 Å². The Labute approximate surface area is 303 Å². The van der Waals surface area contributed by atoms with Crippen LogP contribution in [0.4, 0.5) is 0 Å². The maximum absolute atomic E-state index is 2.44. The van der Waals surface area contributed by atoms with Crippen LogP contribution < -0.4 is 0 Å². The van der Waals surface area contributed by atoms with Crippen molar-refractivity contribution in [3.63, 3.8) is 0 Å². The first-order valence-electron chi connectivity index (χ1n) is 18.0. The normalized spacial score (nSPS) is 11.5. The molecule has 0 fully saturated rings. The molecular formula is C52H34. The molecule has 0 nitrogen and oxygen atoms in total. The molecule has 0 spiro atoms. The number of hydrogen-bond acceptors (Lipinski definition) is 0. The van der Waals surface area contributed by atoms with Crippen molar-refractivity contribution in [2.45, 2.75) is 0 Å². The summed E-state index contributed by atoms with van der Waals surface area (Å²) in [6.07, 6.45) is 0. The molecule has 10 aromatic carbocycles. The van der Waals surface area contributed by atoms with Crippen molar-refractivity contribution in [1.82, 2.24) is 0 Å². The summed E-state index contributed by atoms with van der Waals surface area (Å²) in [5, 5.41) is 10.0. The van der Waals surface area contributed by atoms with Crippen molar-refractivity contribution in [1.29, 1.82) is 0 Å². The van der Waals surface area contributed by atoms with Crippen molar-refractivity contribution in [2.24, 2.45) is 0 Å². The van der Waals surface area contributed by atoms with Gasteiger partial charge in [0.1, 0.15) is 0 Å². The number of hydrogen-bond donors (Lipinski definition) is 0. The van der Waals surface area contributed by atoms with Crippen molar-refractivity contribution in [3.05, 3.63) is 206 Å². The average Bonchev–Trinajstić information content (AvgIpc) is 3.22. The molecule has 0 atom stereocenters. The molecule has 0 bridgehead atoms. The Balaban J connectivity index is 1.29. The fourth-order valence-electron chi connectivity index (χ4n) is 8.31. The van der Waals surface area contributed by atoms with Gasteiger partial charge >= 0.3 is 0 Å². The summed E-state index contributed by atoms with van der Waals surface area (Å²) in [7, 11) is 0. The largest absolute Gasteiger partial charge is 0.0622 e. The molecule has 0 heterocycles. The minimum Gasteiger partial charge on any atom is -0.0622 e. The highest BCUT2D eigenvalue weighted by Gasteiger charge is 2.20. The first-order chi connectivity index (χ1) is 25.8. The van der Waals surface area contributed by atoms with E-state index in [-0.39, 0.29) is 0 Å². The first kappa shape index (κ1) is 30.1. The van der Waals surface area contributed by atoms with E-state index in [1.165, 1.54) is 98.7 Å². The Kier molecular flexibility index (Phi) is 7.25. The van der Waals surface area contributed by atoms with E-state index in [1.54, 1.807) is 0 Å². The molecule has 0 saturated heterocycles. The van der Waals surface area contributed by atoms with Gasteiger partial charge in [0.15, 0.2) is 0 Å². The van der Waals surface area contributed by atoms with E-state index in [0.717, 1.165) is 0 Å². The Morgan fingerprint density at radius 1 is 0.192 bits per heavy atom. The standard InChI is InChI=1S/C52H34/c1-2-17-37(18-3-1)51-46-25-8-10-27-48(46)52(49-28-11-9-26-47(49)51)50-34-40(44-30-14-20-36-16-5-7-24-42(36)44)31-32-45(50)39-22-12-21-38(33-39)43-29-13-19-35-15-4-6-23-41(35)43/h1-34H. The minimum absolute atomic E-state index is 1.20. The zero-order valence-corrected chi connectivity index (χ0v) is 28.6. The van der Waals surface area contributed by atoms with Crippen LogP contribution in [0.3, 0.4) is 0 Å².